The Hall–Kier alpha value is -2.16. The second kappa shape index (κ2) is 11.9. The van der Waals surface area contributed by atoms with Crippen molar-refractivity contribution in [1.82, 2.24) is 10.2 Å². The number of carbonyl (C=O) groups excluding carboxylic acids is 2. The number of hydrogen-bond acceptors (Lipinski definition) is 3. The van der Waals surface area contributed by atoms with E-state index < -0.39 is 6.04 Å². The maximum absolute atomic E-state index is 13.3. The van der Waals surface area contributed by atoms with E-state index in [1.165, 1.54) is 17.0 Å². The van der Waals surface area contributed by atoms with Gasteiger partial charge in [0.2, 0.25) is 5.91 Å². The molecular formula is C23H28FIN2O3. The molecule has 2 amide bonds. The molecular weight excluding hydrogens is 498 g/mol. The van der Waals surface area contributed by atoms with Crippen molar-refractivity contribution in [3.63, 3.8) is 0 Å². The molecule has 0 bridgehead atoms. The number of carbonyl (C=O) groups is 2. The van der Waals surface area contributed by atoms with Crippen LogP contribution in [0.5, 0.6) is 5.75 Å². The standard InChI is InChI=1S/C23H28FIN2O3/c1-4-21(23(29)26-13-16(2)3)27(14-17-5-7-18(24)8-6-17)22(28)15-30-20-11-9-19(25)10-12-20/h5-12,16,21H,4,13-15H2,1-3H3,(H,26,29)/t21-/m1/s1. The fraction of sp³-hybridized carbons (Fsp3) is 0.391. The van der Waals surface area contributed by atoms with Crippen molar-refractivity contribution >= 4 is 34.4 Å². The molecule has 0 aliphatic heterocycles. The van der Waals surface area contributed by atoms with E-state index >= 15 is 0 Å². The Labute approximate surface area is 191 Å². The number of benzene rings is 2. The van der Waals surface area contributed by atoms with Crippen LogP contribution in [0.25, 0.3) is 0 Å². The predicted molar refractivity (Wildman–Crippen MR) is 124 cm³/mol. The van der Waals surface area contributed by atoms with E-state index in [1.807, 2.05) is 32.9 Å². The van der Waals surface area contributed by atoms with Gasteiger partial charge in [-0.1, -0.05) is 32.9 Å². The zero-order valence-electron chi connectivity index (χ0n) is 17.5. The lowest BCUT2D eigenvalue weighted by molar-refractivity contribution is -0.143. The van der Waals surface area contributed by atoms with Gasteiger partial charge in [-0.25, -0.2) is 4.39 Å². The van der Waals surface area contributed by atoms with Crippen molar-refractivity contribution in [2.24, 2.45) is 5.92 Å². The van der Waals surface area contributed by atoms with Gasteiger partial charge in [-0.15, -0.1) is 0 Å². The molecule has 0 aliphatic carbocycles. The molecule has 0 spiro atoms. The Balaban J connectivity index is 2.17. The minimum Gasteiger partial charge on any atom is -0.484 e. The van der Waals surface area contributed by atoms with Gasteiger partial charge in [0.05, 0.1) is 0 Å². The van der Waals surface area contributed by atoms with Crippen LogP contribution in [0.3, 0.4) is 0 Å². The summed E-state index contributed by atoms with van der Waals surface area (Å²) in [6.07, 6.45) is 0.459. The average Bonchev–Trinajstić information content (AvgIpc) is 2.72. The molecule has 7 heteroatoms. The molecule has 2 aromatic carbocycles. The van der Waals surface area contributed by atoms with Crippen LogP contribution in [-0.4, -0.2) is 35.9 Å². The number of amides is 2. The quantitative estimate of drug-likeness (QED) is 0.468. The van der Waals surface area contributed by atoms with Gasteiger partial charge in [0.15, 0.2) is 6.61 Å². The first-order chi connectivity index (χ1) is 14.3. The molecule has 0 aliphatic rings. The van der Waals surface area contributed by atoms with Gasteiger partial charge in [-0.05, 0) is 76.9 Å². The van der Waals surface area contributed by atoms with E-state index in [0.717, 1.165) is 9.13 Å². The largest absolute Gasteiger partial charge is 0.484 e. The van der Waals surface area contributed by atoms with E-state index in [0.29, 0.717) is 24.6 Å². The first kappa shape index (κ1) is 24.1. The Morgan fingerprint density at radius 2 is 1.73 bits per heavy atom. The minimum atomic E-state index is -0.637. The fourth-order valence-electron chi connectivity index (χ4n) is 2.89. The summed E-state index contributed by atoms with van der Waals surface area (Å²) in [6.45, 7) is 6.44. The summed E-state index contributed by atoms with van der Waals surface area (Å²) in [5, 5.41) is 2.91. The van der Waals surface area contributed by atoms with Gasteiger partial charge in [0, 0.05) is 16.7 Å². The Morgan fingerprint density at radius 3 is 2.30 bits per heavy atom. The number of rotatable bonds is 10. The second-order valence-electron chi connectivity index (χ2n) is 7.45. The van der Waals surface area contributed by atoms with Crippen LogP contribution < -0.4 is 10.1 Å². The zero-order valence-corrected chi connectivity index (χ0v) is 19.7. The second-order valence-corrected chi connectivity index (χ2v) is 8.70. The molecule has 0 unspecified atom stereocenters. The maximum Gasteiger partial charge on any atom is 0.261 e. The third-order valence-electron chi connectivity index (χ3n) is 4.51. The summed E-state index contributed by atoms with van der Waals surface area (Å²) in [4.78, 5) is 27.3. The molecule has 1 N–H and O–H groups in total. The summed E-state index contributed by atoms with van der Waals surface area (Å²) >= 11 is 2.19. The van der Waals surface area contributed by atoms with Gasteiger partial charge in [0.1, 0.15) is 17.6 Å². The van der Waals surface area contributed by atoms with Crippen molar-refractivity contribution in [3.8, 4) is 5.75 Å². The molecule has 0 radical (unpaired) electrons. The van der Waals surface area contributed by atoms with Gasteiger partial charge < -0.3 is 15.0 Å². The molecule has 162 valence electrons. The van der Waals surface area contributed by atoms with E-state index in [1.54, 1.807) is 24.3 Å². The topological polar surface area (TPSA) is 58.6 Å². The lowest BCUT2D eigenvalue weighted by Gasteiger charge is -2.30. The molecule has 2 rings (SSSR count). The molecule has 0 aromatic heterocycles. The molecule has 1 atom stereocenters. The maximum atomic E-state index is 13.3. The Kier molecular flexibility index (Phi) is 9.55. The summed E-state index contributed by atoms with van der Waals surface area (Å²) in [5.41, 5.74) is 0.745. The molecule has 0 saturated heterocycles. The van der Waals surface area contributed by atoms with Crippen molar-refractivity contribution in [3.05, 3.63) is 63.5 Å². The van der Waals surface area contributed by atoms with Crippen molar-refractivity contribution in [2.75, 3.05) is 13.2 Å². The highest BCUT2D eigenvalue weighted by molar-refractivity contribution is 14.1. The molecule has 0 saturated carbocycles. The van der Waals surface area contributed by atoms with Gasteiger partial charge in [-0.2, -0.15) is 0 Å². The third-order valence-corrected chi connectivity index (χ3v) is 5.23. The minimum absolute atomic E-state index is 0.185. The number of halogens is 2. The normalized spacial score (nSPS) is 11.8. The predicted octanol–water partition coefficient (Wildman–Crippen LogP) is 4.39. The van der Waals surface area contributed by atoms with Crippen LogP contribution in [0.15, 0.2) is 48.5 Å². The molecule has 0 heterocycles. The molecule has 2 aromatic rings. The van der Waals surface area contributed by atoms with Crippen LogP contribution in [0.4, 0.5) is 4.39 Å². The van der Waals surface area contributed by atoms with E-state index in [2.05, 4.69) is 27.9 Å². The van der Waals surface area contributed by atoms with Gasteiger partial charge in [0.25, 0.3) is 5.91 Å². The Morgan fingerprint density at radius 1 is 1.10 bits per heavy atom. The highest BCUT2D eigenvalue weighted by atomic mass is 127. The molecule has 30 heavy (non-hydrogen) atoms. The Bertz CT molecular complexity index is 825. The van der Waals surface area contributed by atoms with Crippen LogP contribution in [0.2, 0.25) is 0 Å². The van der Waals surface area contributed by atoms with Gasteiger partial charge >= 0.3 is 0 Å². The highest BCUT2D eigenvalue weighted by Crippen LogP contribution is 2.16. The summed E-state index contributed by atoms with van der Waals surface area (Å²) in [5.74, 6) is 0.0421. The number of nitrogens with zero attached hydrogens (tertiary/aromatic N) is 1. The average molecular weight is 526 g/mol. The van der Waals surface area contributed by atoms with Crippen molar-refractivity contribution in [2.45, 2.75) is 39.8 Å². The first-order valence-corrected chi connectivity index (χ1v) is 11.1. The lowest BCUT2D eigenvalue weighted by Crippen LogP contribution is -2.50. The number of nitrogens with one attached hydrogen (secondary N) is 1. The first-order valence-electron chi connectivity index (χ1n) is 10.00. The van der Waals surface area contributed by atoms with Crippen molar-refractivity contribution < 1.29 is 18.7 Å². The van der Waals surface area contributed by atoms with Crippen LogP contribution in [0.1, 0.15) is 32.8 Å². The SMILES string of the molecule is CC[C@H](C(=O)NCC(C)C)N(Cc1ccc(F)cc1)C(=O)COc1ccc(I)cc1. The molecule has 5 nitrogen and oxygen atoms in total. The lowest BCUT2D eigenvalue weighted by atomic mass is 10.1. The zero-order chi connectivity index (χ0) is 22.1. The monoisotopic (exact) mass is 526 g/mol. The summed E-state index contributed by atoms with van der Waals surface area (Å²) < 4.78 is 20.0. The number of ether oxygens (including phenoxy) is 1. The summed E-state index contributed by atoms with van der Waals surface area (Å²) in [7, 11) is 0. The third kappa shape index (κ3) is 7.59. The van der Waals surface area contributed by atoms with Crippen molar-refractivity contribution in [1.29, 1.82) is 0 Å². The van der Waals surface area contributed by atoms with E-state index in [4.69, 9.17) is 4.74 Å². The number of hydrogen-bond donors (Lipinski definition) is 1. The van der Waals surface area contributed by atoms with Crippen LogP contribution >= 0.6 is 22.6 Å². The smallest absolute Gasteiger partial charge is 0.261 e. The van der Waals surface area contributed by atoms with E-state index in [9.17, 15) is 14.0 Å². The fourth-order valence-corrected chi connectivity index (χ4v) is 3.25. The highest BCUT2D eigenvalue weighted by Gasteiger charge is 2.29. The van der Waals surface area contributed by atoms with Crippen LogP contribution in [0, 0.1) is 15.3 Å². The van der Waals surface area contributed by atoms with Crippen LogP contribution in [-0.2, 0) is 16.1 Å². The van der Waals surface area contributed by atoms with Gasteiger partial charge in [-0.3, -0.25) is 9.59 Å². The van der Waals surface area contributed by atoms with E-state index in [-0.39, 0.29) is 30.8 Å². The molecule has 0 fully saturated rings. The summed E-state index contributed by atoms with van der Waals surface area (Å²) in [6, 6.07) is 12.7.